The molecule has 1 N–H and O–H groups in total. The monoisotopic (exact) mass is 295 g/mol. The van der Waals surface area contributed by atoms with Gasteiger partial charge in [-0.2, -0.15) is 0 Å². The quantitative estimate of drug-likeness (QED) is 0.786. The Morgan fingerprint density at radius 2 is 1.95 bits per heavy atom. The number of rotatable bonds is 7. The molecule has 1 heterocycles. The highest BCUT2D eigenvalue weighted by Gasteiger charge is 2.34. The zero-order valence-electron chi connectivity index (χ0n) is 13.3. The molecular weight excluding hydrogens is 270 g/mol. The Morgan fingerprint density at radius 3 is 2.48 bits per heavy atom. The van der Waals surface area contributed by atoms with Crippen LogP contribution >= 0.6 is 0 Å². The number of aromatic carboxylic acids is 1. The van der Waals surface area contributed by atoms with Crippen LogP contribution in [-0.4, -0.2) is 35.1 Å². The third-order valence-corrected chi connectivity index (χ3v) is 3.87. The van der Waals surface area contributed by atoms with E-state index in [1.165, 1.54) is 0 Å². The topological polar surface area (TPSA) is 60.7 Å². The van der Waals surface area contributed by atoms with Gasteiger partial charge in [-0.1, -0.05) is 13.8 Å². The molecule has 0 saturated heterocycles. The number of carboxylic acids is 1. The molecule has 1 aromatic heterocycles. The summed E-state index contributed by atoms with van der Waals surface area (Å²) in [5.41, 5.74) is 2.78. The molecule has 21 heavy (non-hydrogen) atoms. The molecule has 0 atom stereocenters. The molecule has 0 spiro atoms. The molecule has 0 radical (unpaired) electrons. The van der Waals surface area contributed by atoms with Crippen molar-refractivity contribution in [3.63, 3.8) is 0 Å². The molecule has 118 valence electrons. The van der Waals surface area contributed by atoms with E-state index in [9.17, 15) is 9.90 Å². The summed E-state index contributed by atoms with van der Waals surface area (Å²) < 4.78 is 13.0. The zero-order valence-corrected chi connectivity index (χ0v) is 13.3. The second kappa shape index (κ2) is 6.20. The fourth-order valence-electron chi connectivity index (χ4n) is 3.10. The van der Waals surface area contributed by atoms with Crippen LogP contribution in [0, 0.1) is 5.41 Å². The Bertz CT molecular complexity index is 513. The summed E-state index contributed by atoms with van der Waals surface area (Å²) in [5.74, 6) is -0.894. The summed E-state index contributed by atoms with van der Waals surface area (Å²) >= 11 is 0. The van der Waals surface area contributed by atoms with Crippen LogP contribution in [0.4, 0.5) is 0 Å². The highest BCUT2D eigenvalue weighted by molar-refractivity contribution is 5.86. The number of fused-ring (bicyclic) bond motifs is 1. The first-order valence-corrected chi connectivity index (χ1v) is 7.55. The second-order valence-corrected chi connectivity index (χ2v) is 6.28. The normalized spacial score (nSPS) is 16.4. The van der Waals surface area contributed by atoms with Crippen LogP contribution in [-0.2, 0) is 28.9 Å². The molecule has 0 aliphatic heterocycles. The molecule has 0 aromatic carbocycles. The molecule has 1 aromatic rings. The van der Waals surface area contributed by atoms with Gasteiger partial charge < -0.3 is 19.1 Å². The molecule has 5 heteroatoms. The summed E-state index contributed by atoms with van der Waals surface area (Å²) in [6, 6.07) is 1.81. The third-order valence-electron chi connectivity index (χ3n) is 3.87. The largest absolute Gasteiger partial charge is 0.477 e. The van der Waals surface area contributed by atoms with Crippen molar-refractivity contribution in [1.82, 2.24) is 4.57 Å². The highest BCUT2D eigenvalue weighted by atomic mass is 16.7. The molecule has 0 unspecified atom stereocenters. The number of hydrogen-bond donors (Lipinski definition) is 1. The van der Waals surface area contributed by atoms with Gasteiger partial charge in [0.15, 0.2) is 6.29 Å². The molecular formula is C16H25NO4. The number of nitrogens with zero attached hydrogens (tertiary/aromatic N) is 1. The third kappa shape index (κ3) is 3.47. The van der Waals surface area contributed by atoms with E-state index in [0.717, 1.165) is 24.1 Å². The van der Waals surface area contributed by atoms with Crippen molar-refractivity contribution >= 4 is 5.97 Å². The minimum absolute atomic E-state index is 0.191. The van der Waals surface area contributed by atoms with Gasteiger partial charge in [0.2, 0.25) is 0 Å². The van der Waals surface area contributed by atoms with Crippen molar-refractivity contribution in [2.24, 2.45) is 5.41 Å². The molecule has 0 amide bonds. The summed E-state index contributed by atoms with van der Waals surface area (Å²) in [5, 5.41) is 9.42. The maximum Gasteiger partial charge on any atom is 0.352 e. The van der Waals surface area contributed by atoms with E-state index < -0.39 is 12.3 Å². The molecule has 0 saturated carbocycles. The molecule has 0 fully saturated rings. The number of hydrogen-bond acceptors (Lipinski definition) is 3. The summed E-state index contributed by atoms with van der Waals surface area (Å²) in [4.78, 5) is 11.5. The molecule has 1 aliphatic carbocycles. The lowest BCUT2D eigenvalue weighted by Crippen LogP contribution is -2.27. The Morgan fingerprint density at radius 1 is 1.33 bits per heavy atom. The average Bonchev–Trinajstić information content (AvgIpc) is 2.83. The van der Waals surface area contributed by atoms with Crippen molar-refractivity contribution in [2.75, 3.05) is 13.2 Å². The minimum atomic E-state index is -0.894. The number of carbonyl (C=O) groups is 1. The van der Waals surface area contributed by atoms with Crippen LogP contribution in [0.5, 0.6) is 0 Å². The van der Waals surface area contributed by atoms with E-state index in [0.29, 0.717) is 25.5 Å². The van der Waals surface area contributed by atoms with Crippen LogP contribution in [0.15, 0.2) is 6.07 Å². The average molecular weight is 295 g/mol. The SMILES string of the molecule is CCOC(Cn1c(C(=O)O)cc2c1CC(C)(C)C2)OCC. The van der Waals surface area contributed by atoms with Gasteiger partial charge in [-0.05, 0) is 43.7 Å². The van der Waals surface area contributed by atoms with Crippen LogP contribution in [0.1, 0.15) is 49.4 Å². The van der Waals surface area contributed by atoms with E-state index >= 15 is 0 Å². The van der Waals surface area contributed by atoms with Gasteiger partial charge in [-0.25, -0.2) is 4.79 Å². The Hall–Kier alpha value is -1.33. The number of aromatic nitrogens is 1. The Balaban J connectivity index is 2.31. The standard InChI is InChI=1S/C16H25NO4/c1-5-20-14(21-6-2)10-17-12(15(18)19)7-11-8-16(3,4)9-13(11)17/h7,14H,5-6,8-10H2,1-4H3,(H,18,19). The van der Waals surface area contributed by atoms with Gasteiger partial charge >= 0.3 is 5.97 Å². The Kier molecular flexibility index (Phi) is 4.74. The summed E-state index contributed by atoms with van der Waals surface area (Å²) in [7, 11) is 0. The smallest absolute Gasteiger partial charge is 0.352 e. The number of carboxylic acid groups (broad SMARTS) is 1. The van der Waals surface area contributed by atoms with Gasteiger partial charge in [0.25, 0.3) is 0 Å². The van der Waals surface area contributed by atoms with Crippen molar-refractivity contribution < 1.29 is 19.4 Å². The van der Waals surface area contributed by atoms with Gasteiger partial charge in [0, 0.05) is 18.9 Å². The van der Waals surface area contributed by atoms with Gasteiger partial charge in [-0.15, -0.1) is 0 Å². The zero-order chi connectivity index (χ0) is 15.6. The predicted octanol–water partition coefficient (Wildman–Crippen LogP) is 2.71. The lowest BCUT2D eigenvalue weighted by atomic mass is 9.90. The second-order valence-electron chi connectivity index (χ2n) is 6.28. The van der Waals surface area contributed by atoms with Gasteiger partial charge in [-0.3, -0.25) is 0 Å². The molecule has 5 nitrogen and oxygen atoms in total. The van der Waals surface area contributed by atoms with Crippen molar-refractivity contribution in [3.8, 4) is 0 Å². The van der Waals surface area contributed by atoms with Crippen molar-refractivity contribution in [3.05, 3.63) is 23.0 Å². The first-order valence-electron chi connectivity index (χ1n) is 7.55. The minimum Gasteiger partial charge on any atom is -0.477 e. The van der Waals surface area contributed by atoms with Crippen molar-refractivity contribution in [1.29, 1.82) is 0 Å². The van der Waals surface area contributed by atoms with Crippen molar-refractivity contribution in [2.45, 2.75) is 53.4 Å². The molecule has 1 aliphatic rings. The lowest BCUT2D eigenvalue weighted by molar-refractivity contribution is -0.143. The fourth-order valence-corrected chi connectivity index (χ4v) is 3.10. The van der Waals surface area contributed by atoms with Crippen LogP contribution in [0.2, 0.25) is 0 Å². The first-order chi connectivity index (χ1) is 9.88. The van der Waals surface area contributed by atoms with E-state index in [2.05, 4.69) is 13.8 Å². The summed E-state index contributed by atoms with van der Waals surface area (Å²) in [6.45, 7) is 9.75. The lowest BCUT2D eigenvalue weighted by Gasteiger charge is -2.22. The van der Waals surface area contributed by atoms with E-state index in [4.69, 9.17) is 9.47 Å². The molecule has 0 bridgehead atoms. The summed E-state index contributed by atoms with van der Waals surface area (Å²) in [6.07, 6.45) is 1.41. The van der Waals surface area contributed by atoms with Gasteiger partial charge in [0.05, 0.1) is 6.54 Å². The predicted molar refractivity (Wildman–Crippen MR) is 79.6 cm³/mol. The van der Waals surface area contributed by atoms with Gasteiger partial charge in [0.1, 0.15) is 5.69 Å². The number of ether oxygens (including phenoxy) is 2. The fraction of sp³-hybridized carbons (Fsp3) is 0.688. The first kappa shape index (κ1) is 16.0. The molecule has 2 rings (SSSR count). The van der Waals surface area contributed by atoms with Crippen LogP contribution < -0.4 is 0 Å². The van der Waals surface area contributed by atoms with E-state index in [1.54, 1.807) is 6.07 Å². The van der Waals surface area contributed by atoms with E-state index in [-0.39, 0.29) is 5.41 Å². The maximum absolute atomic E-state index is 11.5. The van der Waals surface area contributed by atoms with E-state index in [1.807, 2.05) is 18.4 Å². The Labute approximate surface area is 125 Å². The highest BCUT2D eigenvalue weighted by Crippen LogP contribution is 2.38. The van der Waals surface area contributed by atoms with Crippen LogP contribution in [0.25, 0.3) is 0 Å². The maximum atomic E-state index is 11.5. The van der Waals surface area contributed by atoms with Crippen LogP contribution in [0.3, 0.4) is 0 Å².